The third kappa shape index (κ3) is 6.31. The van der Waals surface area contributed by atoms with Crippen LogP contribution in [0.5, 0.6) is 0 Å². The third-order valence-electron chi connectivity index (χ3n) is 5.26. The Morgan fingerprint density at radius 2 is 1.94 bits per heavy atom. The topological polar surface area (TPSA) is 128 Å². The Balaban J connectivity index is 2.50. The smallest absolute Gasteiger partial charge is 0.330 e. The lowest BCUT2D eigenvalue weighted by atomic mass is 10.2. The molecular formula is C23H32N6O3. The fraction of sp³-hybridized carbons (Fsp3) is 0.478. The molecule has 1 heterocycles. The van der Waals surface area contributed by atoms with E-state index in [0.29, 0.717) is 26.1 Å². The number of likely N-dealkylation sites (N-methyl/N-ethyl adjacent to an activating group) is 1. The lowest BCUT2D eigenvalue weighted by molar-refractivity contribution is -0.120. The number of benzene rings is 1. The van der Waals surface area contributed by atoms with Crippen molar-refractivity contribution in [2.45, 2.75) is 46.7 Å². The number of carbonyl (C=O) groups is 1. The highest BCUT2D eigenvalue weighted by molar-refractivity contribution is 5.96. The van der Waals surface area contributed by atoms with E-state index in [2.05, 4.69) is 11.1 Å². The molecule has 0 spiro atoms. The van der Waals surface area contributed by atoms with Gasteiger partial charge in [0.1, 0.15) is 5.82 Å². The van der Waals surface area contributed by atoms with E-state index in [1.165, 1.54) is 9.47 Å². The number of aromatic amines is 1. The number of nitrogens with zero attached hydrogens (tertiary/aromatic N) is 4. The highest BCUT2D eigenvalue weighted by Gasteiger charge is 2.26. The van der Waals surface area contributed by atoms with Crippen molar-refractivity contribution in [2.75, 3.05) is 30.3 Å². The molecule has 9 nitrogen and oxygen atoms in total. The number of rotatable bonds is 11. The van der Waals surface area contributed by atoms with Crippen molar-refractivity contribution >= 4 is 17.4 Å². The van der Waals surface area contributed by atoms with Gasteiger partial charge in [0.2, 0.25) is 5.91 Å². The average molecular weight is 441 g/mol. The highest BCUT2D eigenvalue weighted by atomic mass is 16.2. The summed E-state index contributed by atoms with van der Waals surface area (Å²) in [7, 11) is 0. The molecule has 1 atom stereocenters. The molecule has 0 radical (unpaired) electrons. The number of nitrogens with one attached hydrogen (secondary N) is 1. The van der Waals surface area contributed by atoms with E-state index < -0.39 is 11.2 Å². The Bertz CT molecular complexity index is 1050. The van der Waals surface area contributed by atoms with E-state index in [1.54, 1.807) is 6.92 Å². The summed E-state index contributed by atoms with van der Waals surface area (Å²) >= 11 is 0. The van der Waals surface area contributed by atoms with Gasteiger partial charge in [-0.15, -0.1) is 0 Å². The van der Waals surface area contributed by atoms with Gasteiger partial charge in [-0.25, -0.2) is 4.79 Å². The maximum atomic E-state index is 13.4. The number of hydrogen-bond acceptors (Lipinski definition) is 6. The van der Waals surface area contributed by atoms with E-state index in [9.17, 15) is 14.4 Å². The number of hydrogen-bond donors (Lipinski definition) is 2. The molecule has 172 valence electrons. The standard InChI is InChI=1S/C23H32N6O3/c1-4-6-12-28-21(25)20(22(31)26-23(28)32)29(15-18-10-8-7-9-11-18)19(30)16-27(5-2)14-17(3)13-24/h7-11,17H,4-6,12,14-16,25H2,1-3H3,(H,26,31,32). The monoisotopic (exact) mass is 440 g/mol. The first-order valence-corrected chi connectivity index (χ1v) is 10.9. The SMILES string of the molecule is CCCCn1c(N)c(N(Cc2ccccc2)C(=O)CN(CC)CC(C)C#N)c(=O)[nH]c1=O. The molecular weight excluding hydrogens is 408 g/mol. The molecule has 1 amide bonds. The van der Waals surface area contributed by atoms with Gasteiger partial charge in [0.25, 0.3) is 5.56 Å². The number of unbranched alkanes of at least 4 members (excludes halogenated alkanes) is 1. The van der Waals surface area contributed by atoms with Crippen LogP contribution in [-0.4, -0.2) is 40.0 Å². The van der Waals surface area contributed by atoms with Gasteiger partial charge in [0, 0.05) is 13.1 Å². The Morgan fingerprint density at radius 1 is 1.25 bits per heavy atom. The summed E-state index contributed by atoms with van der Waals surface area (Å²) in [4.78, 5) is 44.0. The molecule has 1 unspecified atom stereocenters. The van der Waals surface area contributed by atoms with Crippen molar-refractivity contribution in [3.63, 3.8) is 0 Å². The predicted octanol–water partition coefficient (Wildman–Crippen LogP) is 1.93. The number of nitrogen functional groups attached to an aromatic ring is 1. The zero-order valence-electron chi connectivity index (χ0n) is 19.0. The van der Waals surface area contributed by atoms with E-state index in [0.717, 1.165) is 12.0 Å². The molecule has 0 bridgehead atoms. The molecule has 0 aliphatic heterocycles. The first kappa shape index (κ1) is 24.9. The summed E-state index contributed by atoms with van der Waals surface area (Å²) in [6.45, 7) is 7.18. The van der Waals surface area contributed by atoms with Crippen molar-refractivity contribution in [3.05, 3.63) is 56.7 Å². The quantitative estimate of drug-likeness (QED) is 0.549. The fourth-order valence-electron chi connectivity index (χ4n) is 3.44. The van der Waals surface area contributed by atoms with Gasteiger partial charge in [-0.05, 0) is 25.5 Å². The van der Waals surface area contributed by atoms with Gasteiger partial charge < -0.3 is 5.73 Å². The van der Waals surface area contributed by atoms with Crippen LogP contribution in [0.4, 0.5) is 11.5 Å². The van der Waals surface area contributed by atoms with Gasteiger partial charge in [-0.1, -0.05) is 50.6 Å². The summed E-state index contributed by atoms with van der Waals surface area (Å²) < 4.78 is 1.31. The predicted molar refractivity (Wildman–Crippen MR) is 125 cm³/mol. The summed E-state index contributed by atoms with van der Waals surface area (Å²) in [5, 5.41) is 9.13. The van der Waals surface area contributed by atoms with Crippen LogP contribution < -0.4 is 21.9 Å². The molecule has 2 rings (SSSR count). The summed E-state index contributed by atoms with van der Waals surface area (Å²) in [6.07, 6.45) is 1.55. The zero-order valence-corrected chi connectivity index (χ0v) is 19.0. The second kappa shape index (κ2) is 11.9. The summed E-state index contributed by atoms with van der Waals surface area (Å²) in [6, 6.07) is 11.4. The molecule has 0 aliphatic carbocycles. The van der Waals surface area contributed by atoms with E-state index in [4.69, 9.17) is 11.0 Å². The van der Waals surface area contributed by atoms with E-state index >= 15 is 0 Å². The van der Waals surface area contributed by atoms with Gasteiger partial charge >= 0.3 is 5.69 Å². The molecule has 0 saturated carbocycles. The van der Waals surface area contributed by atoms with Crippen molar-refractivity contribution in [3.8, 4) is 6.07 Å². The molecule has 0 saturated heterocycles. The minimum atomic E-state index is -0.696. The number of nitrogens with two attached hydrogens (primary N) is 1. The third-order valence-corrected chi connectivity index (χ3v) is 5.26. The number of nitriles is 1. The normalized spacial score (nSPS) is 11.8. The van der Waals surface area contributed by atoms with Crippen LogP contribution in [0, 0.1) is 17.2 Å². The molecule has 3 N–H and O–H groups in total. The number of amides is 1. The fourth-order valence-corrected chi connectivity index (χ4v) is 3.44. The first-order valence-electron chi connectivity index (χ1n) is 10.9. The van der Waals surface area contributed by atoms with Gasteiger partial charge in [-0.2, -0.15) is 5.26 Å². The number of anilines is 2. The lowest BCUT2D eigenvalue weighted by Crippen LogP contribution is -2.45. The van der Waals surface area contributed by atoms with Crippen LogP contribution in [0.1, 0.15) is 39.2 Å². The van der Waals surface area contributed by atoms with Crippen LogP contribution >= 0.6 is 0 Å². The van der Waals surface area contributed by atoms with Crippen LogP contribution in [0.15, 0.2) is 39.9 Å². The van der Waals surface area contributed by atoms with Crippen LogP contribution in [0.3, 0.4) is 0 Å². The molecule has 0 aliphatic rings. The number of aromatic nitrogens is 2. The minimum absolute atomic E-state index is 0.0162. The molecule has 0 fully saturated rings. The minimum Gasteiger partial charge on any atom is -0.383 e. The molecule has 2 aromatic rings. The number of carbonyl (C=O) groups excluding carboxylic acids is 1. The van der Waals surface area contributed by atoms with Crippen LogP contribution in [-0.2, 0) is 17.9 Å². The molecule has 1 aromatic carbocycles. The largest absolute Gasteiger partial charge is 0.383 e. The maximum absolute atomic E-state index is 13.4. The van der Waals surface area contributed by atoms with Crippen molar-refractivity contribution < 1.29 is 4.79 Å². The van der Waals surface area contributed by atoms with E-state index in [-0.39, 0.29) is 36.4 Å². The van der Waals surface area contributed by atoms with Crippen molar-refractivity contribution in [1.82, 2.24) is 14.5 Å². The van der Waals surface area contributed by atoms with E-state index in [1.807, 2.05) is 49.1 Å². The summed E-state index contributed by atoms with van der Waals surface area (Å²) in [5.74, 6) is -0.599. The number of H-pyrrole nitrogens is 1. The highest BCUT2D eigenvalue weighted by Crippen LogP contribution is 2.20. The Morgan fingerprint density at radius 3 is 2.53 bits per heavy atom. The summed E-state index contributed by atoms with van der Waals surface area (Å²) in [5.41, 5.74) is 5.78. The lowest BCUT2D eigenvalue weighted by Gasteiger charge is -2.28. The second-order valence-corrected chi connectivity index (χ2v) is 7.82. The van der Waals surface area contributed by atoms with Crippen LogP contribution in [0.2, 0.25) is 0 Å². The van der Waals surface area contributed by atoms with Gasteiger partial charge in [0.15, 0.2) is 5.69 Å². The Kier molecular flexibility index (Phi) is 9.22. The van der Waals surface area contributed by atoms with Crippen LogP contribution in [0.25, 0.3) is 0 Å². The Hall–Kier alpha value is -3.38. The Labute approximate surface area is 188 Å². The van der Waals surface area contributed by atoms with Gasteiger partial charge in [0.05, 0.1) is 25.1 Å². The zero-order chi connectivity index (χ0) is 23.7. The van der Waals surface area contributed by atoms with Crippen molar-refractivity contribution in [2.24, 2.45) is 5.92 Å². The first-order chi connectivity index (χ1) is 15.3. The van der Waals surface area contributed by atoms with Crippen molar-refractivity contribution in [1.29, 1.82) is 5.26 Å². The van der Waals surface area contributed by atoms with Gasteiger partial charge in [-0.3, -0.25) is 28.9 Å². The molecule has 1 aromatic heterocycles. The second-order valence-electron chi connectivity index (χ2n) is 7.82. The molecule has 9 heteroatoms. The maximum Gasteiger partial charge on any atom is 0.330 e. The average Bonchev–Trinajstić information content (AvgIpc) is 2.78. The molecule has 32 heavy (non-hydrogen) atoms.